The SMILES string of the molecule is CCCCCCCCC(CC(=O)O)C(OCC)(OCC)OCC. The first kappa shape index (κ1) is 22.4. The van der Waals surface area contributed by atoms with Crippen LogP contribution in [0.5, 0.6) is 0 Å². The molecule has 0 aliphatic carbocycles. The van der Waals surface area contributed by atoms with Crippen LogP contribution in [0.15, 0.2) is 0 Å². The van der Waals surface area contributed by atoms with Crippen LogP contribution in [-0.4, -0.2) is 36.9 Å². The third-order valence-corrected chi connectivity index (χ3v) is 3.86. The van der Waals surface area contributed by atoms with E-state index in [1.54, 1.807) is 0 Å². The molecule has 0 aromatic rings. The second-order valence-corrected chi connectivity index (χ2v) is 5.75. The molecule has 0 saturated carbocycles. The number of carbonyl (C=O) groups is 1. The Morgan fingerprint density at radius 1 is 0.870 bits per heavy atom. The van der Waals surface area contributed by atoms with Gasteiger partial charge in [0.2, 0.25) is 0 Å². The fourth-order valence-electron chi connectivity index (χ4n) is 2.87. The summed E-state index contributed by atoms with van der Waals surface area (Å²) in [7, 11) is 0. The highest BCUT2D eigenvalue weighted by molar-refractivity contribution is 5.67. The molecule has 0 rings (SSSR count). The van der Waals surface area contributed by atoms with Gasteiger partial charge >= 0.3 is 5.97 Å². The number of hydrogen-bond acceptors (Lipinski definition) is 4. The molecular formula is C18H36O5. The number of hydrogen-bond donors (Lipinski definition) is 1. The molecule has 0 aliphatic rings. The smallest absolute Gasteiger partial charge is 0.303 e. The Morgan fingerprint density at radius 2 is 1.35 bits per heavy atom. The van der Waals surface area contributed by atoms with Gasteiger partial charge in [0.25, 0.3) is 5.97 Å². The lowest BCUT2D eigenvalue weighted by molar-refractivity contribution is -0.402. The van der Waals surface area contributed by atoms with Crippen LogP contribution in [-0.2, 0) is 19.0 Å². The Balaban J connectivity index is 4.79. The number of unbranched alkanes of at least 4 members (excludes halogenated alkanes) is 5. The van der Waals surface area contributed by atoms with E-state index in [1.165, 1.54) is 25.7 Å². The Hall–Kier alpha value is -0.650. The predicted molar refractivity (Wildman–Crippen MR) is 91.3 cm³/mol. The van der Waals surface area contributed by atoms with Crippen molar-refractivity contribution >= 4 is 5.97 Å². The molecule has 0 heterocycles. The average Bonchev–Trinajstić information content (AvgIpc) is 2.50. The van der Waals surface area contributed by atoms with Crippen molar-refractivity contribution in [3.05, 3.63) is 0 Å². The van der Waals surface area contributed by atoms with Gasteiger partial charge in [-0.1, -0.05) is 45.4 Å². The molecule has 5 nitrogen and oxygen atoms in total. The zero-order valence-electron chi connectivity index (χ0n) is 15.4. The fourth-order valence-corrected chi connectivity index (χ4v) is 2.87. The van der Waals surface area contributed by atoms with E-state index in [2.05, 4.69) is 6.92 Å². The van der Waals surface area contributed by atoms with Crippen LogP contribution in [0.4, 0.5) is 0 Å². The highest BCUT2D eigenvalue weighted by Gasteiger charge is 2.42. The molecule has 0 aliphatic heterocycles. The molecule has 138 valence electrons. The zero-order valence-corrected chi connectivity index (χ0v) is 15.4. The quantitative estimate of drug-likeness (QED) is 0.331. The van der Waals surface area contributed by atoms with E-state index in [0.717, 1.165) is 19.3 Å². The van der Waals surface area contributed by atoms with Crippen molar-refractivity contribution < 1.29 is 24.1 Å². The lowest BCUT2D eigenvalue weighted by Gasteiger charge is -2.38. The van der Waals surface area contributed by atoms with Crippen molar-refractivity contribution in [3.63, 3.8) is 0 Å². The highest BCUT2D eigenvalue weighted by atomic mass is 16.9. The van der Waals surface area contributed by atoms with Gasteiger partial charge < -0.3 is 19.3 Å². The fraction of sp³-hybridized carbons (Fsp3) is 0.944. The monoisotopic (exact) mass is 332 g/mol. The topological polar surface area (TPSA) is 65.0 Å². The van der Waals surface area contributed by atoms with E-state index in [4.69, 9.17) is 14.2 Å². The molecule has 0 bridgehead atoms. The molecular weight excluding hydrogens is 296 g/mol. The minimum absolute atomic E-state index is 0.00500. The van der Waals surface area contributed by atoms with Crippen LogP contribution in [0.3, 0.4) is 0 Å². The summed E-state index contributed by atoms with van der Waals surface area (Å²) in [6, 6.07) is 0. The van der Waals surface area contributed by atoms with Gasteiger partial charge in [0.15, 0.2) is 0 Å². The number of ether oxygens (including phenoxy) is 3. The van der Waals surface area contributed by atoms with Crippen LogP contribution in [0, 0.1) is 5.92 Å². The van der Waals surface area contributed by atoms with Crippen LogP contribution >= 0.6 is 0 Å². The van der Waals surface area contributed by atoms with Gasteiger partial charge in [-0.3, -0.25) is 4.79 Å². The summed E-state index contributed by atoms with van der Waals surface area (Å²) in [6.07, 6.45) is 7.73. The van der Waals surface area contributed by atoms with Gasteiger partial charge in [0.05, 0.1) is 12.3 Å². The zero-order chi connectivity index (χ0) is 17.6. The maximum absolute atomic E-state index is 11.3. The predicted octanol–water partition coefficient (Wildman–Crippen LogP) is 4.59. The second kappa shape index (κ2) is 13.8. The molecule has 0 aromatic heterocycles. The van der Waals surface area contributed by atoms with Crippen molar-refractivity contribution in [1.29, 1.82) is 0 Å². The number of carboxylic acids is 1. The summed E-state index contributed by atoms with van der Waals surface area (Å²) in [4.78, 5) is 11.3. The molecule has 0 amide bonds. The first-order valence-electron chi connectivity index (χ1n) is 9.19. The molecule has 0 spiro atoms. The van der Waals surface area contributed by atoms with Crippen LogP contribution in [0.25, 0.3) is 0 Å². The van der Waals surface area contributed by atoms with E-state index in [9.17, 15) is 9.90 Å². The third kappa shape index (κ3) is 9.28. The van der Waals surface area contributed by atoms with Crippen molar-refractivity contribution in [2.75, 3.05) is 19.8 Å². The van der Waals surface area contributed by atoms with Crippen LogP contribution in [0.1, 0.15) is 79.1 Å². The molecule has 23 heavy (non-hydrogen) atoms. The van der Waals surface area contributed by atoms with Crippen LogP contribution in [0.2, 0.25) is 0 Å². The van der Waals surface area contributed by atoms with Gasteiger partial charge in [0, 0.05) is 19.8 Å². The first-order chi connectivity index (χ1) is 11.1. The van der Waals surface area contributed by atoms with Crippen molar-refractivity contribution in [3.8, 4) is 0 Å². The molecule has 1 atom stereocenters. The summed E-state index contributed by atoms with van der Waals surface area (Å²) in [6.45, 7) is 9.08. The van der Waals surface area contributed by atoms with Crippen molar-refractivity contribution in [2.24, 2.45) is 5.92 Å². The van der Waals surface area contributed by atoms with E-state index < -0.39 is 11.9 Å². The number of carboxylic acid groups (broad SMARTS) is 1. The molecule has 1 N–H and O–H groups in total. The standard InChI is InChI=1S/C18H36O5/c1-5-9-10-11-12-13-14-16(15-17(19)20)18(21-6-2,22-7-3)23-8-4/h16H,5-15H2,1-4H3,(H,19,20). The van der Waals surface area contributed by atoms with E-state index in [-0.39, 0.29) is 12.3 Å². The van der Waals surface area contributed by atoms with Crippen molar-refractivity contribution in [1.82, 2.24) is 0 Å². The normalized spacial score (nSPS) is 13.2. The van der Waals surface area contributed by atoms with E-state index in [1.807, 2.05) is 20.8 Å². The molecule has 0 radical (unpaired) electrons. The Labute approximate surface area is 141 Å². The van der Waals surface area contributed by atoms with Gasteiger partial charge in [-0.2, -0.15) is 0 Å². The molecule has 5 heteroatoms. The average molecular weight is 332 g/mol. The molecule has 0 fully saturated rings. The largest absolute Gasteiger partial charge is 0.481 e. The minimum Gasteiger partial charge on any atom is -0.481 e. The Bertz CT molecular complexity index is 276. The number of rotatable bonds is 16. The lowest BCUT2D eigenvalue weighted by Crippen LogP contribution is -2.47. The van der Waals surface area contributed by atoms with Crippen molar-refractivity contribution in [2.45, 2.75) is 85.0 Å². The van der Waals surface area contributed by atoms with Gasteiger partial charge in [-0.15, -0.1) is 0 Å². The van der Waals surface area contributed by atoms with Gasteiger partial charge in [0.1, 0.15) is 0 Å². The minimum atomic E-state index is -1.24. The van der Waals surface area contributed by atoms with Gasteiger partial charge in [-0.05, 0) is 27.2 Å². The van der Waals surface area contributed by atoms with Gasteiger partial charge in [-0.25, -0.2) is 0 Å². The molecule has 1 unspecified atom stereocenters. The molecule has 0 aromatic carbocycles. The summed E-state index contributed by atoms with van der Waals surface area (Å²) in [5.74, 6) is -2.38. The number of aliphatic carboxylic acids is 1. The Kier molecular flexibility index (Phi) is 13.4. The summed E-state index contributed by atoms with van der Waals surface area (Å²) >= 11 is 0. The first-order valence-corrected chi connectivity index (χ1v) is 9.19. The maximum Gasteiger partial charge on any atom is 0.303 e. The lowest BCUT2D eigenvalue weighted by atomic mass is 9.94. The summed E-state index contributed by atoms with van der Waals surface area (Å²) in [5, 5.41) is 9.26. The maximum atomic E-state index is 11.3. The highest BCUT2D eigenvalue weighted by Crippen LogP contribution is 2.33. The van der Waals surface area contributed by atoms with Crippen LogP contribution < -0.4 is 0 Å². The summed E-state index contributed by atoms with van der Waals surface area (Å²) in [5.41, 5.74) is 0. The van der Waals surface area contributed by atoms with E-state index >= 15 is 0 Å². The summed E-state index contributed by atoms with van der Waals surface area (Å²) < 4.78 is 17.3. The van der Waals surface area contributed by atoms with E-state index in [0.29, 0.717) is 19.8 Å². The third-order valence-electron chi connectivity index (χ3n) is 3.86. The Morgan fingerprint density at radius 3 is 1.78 bits per heavy atom. The molecule has 0 saturated heterocycles. The second-order valence-electron chi connectivity index (χ2n) is 5.75.